The second-order valence-electron chi connectivity index (χ2n) is 5.98. The fourth-order valence-corrected chi connectivity index (χ4v) is 3.98. The number of rotatable bonds is 4. The van der Waals surface area contributed by atoms with Gasteiger partial charge in [0.15, 0.2) is 0 Å². The Kier molecular flexibility index (Phi) is 5.86. The van der Waals surface area contributed by atoms with E-state index in [0.29, 0.717) is 36.9 Å². The first-order valence-corrected chi connectivity index (χ1v) is 9.51. The number of para-hydroxylation sites is 1. The van der Waals surface area contributed by atoms with Crippen LogP contribution >= 0.6 is 23.4 Å². The van der Waals surface area contributed by atoms with E-state index < -0.39 is 0 Å². The minimum Gasteiger partial charge on any atom is -0.366 e. The average Bonchev–Trinajstić information content (AvgIpc) is 2.63. The number of carbonyl (C=O) groups is 1. The summed E-state index contributed by atoms with van der Waals surface area (Å²) in [4.78, 5) is 17.6. The third-order valence-electron chi connectivity index (χ3n) is 4.26. The molecule has 0 spiro atoms. The highest BCUT2D eigenvalue weighted by molar-refractivity contribution is 8.00. The molecule has 1 heterocycles. The molecule has 0 bridgehead atoms. The summed E-state index contributed by atoms with van der Waals surface area (Å²) >= 11 is 7.42. The molecular formula is C19H20ClFN2OS. The van der Waals surface area contributed by atoms with Crippen molar-refractivity contribution < 1.29 is 9.18 Å². The minimum atomic E-state index is -0.214. The average molecular weight is 379 g/mol. The number of halogens is 2. The molecule has 1 aliphatic rings. The van der Waals surface area contributed by atoms with Crippen molar-refractivity contribution >= 4 is 35.0 Å². The van der Waals surface area contributed by atoms with E-state index in [9.17, 15) is 9.18 Å². The molecule has 132 valence electrons. The Morgan fingerprint density at radius 2 is 1.72 bits per heavy atom. The zero-order valence-corrected chi connectivity index (χ0v) is 15.6. The number of anilines is 1. The Labute approximate surface area is 156 Å². The van der Waals surface area contributed by atoms with Gasteiger partial charge in [-0.05, 0) is 43.3 Å². The Morgan fingerprint density at radius 3 is 2.36 bits per heavy atom. The van der Waals surface area contributed by atoms with Gasteiger partial charge in [0.05, 0.1) is 10.9 Å². The van der Waals surface area contributed by atoms with Gasteiger partial charge in [0, 0.05) is 36.1 Å². The van der Waals surface area contributed by atoms with Crippen LogP contribution in [0.3, 0.4) is 0 Å². The first kappa shape index (κ1) is 18.1. The van der Waals surface area contributed by atoms with Crippen molar-refractivity contribution in [3.05, 3.63) is 59.4 Å². The summed E-state index contributed by atoms with van der Waals surface area (Å²) in [6, 6.07) is 14.3. The van der Waals surface area contributed by atoms with Crippen molar-refractivity contribution in [3.63, 3.8) is 0 Å². The van der Waals surface area contributed by atoms with Gasteiger partial charge in [0.2, 0.25) is 5.91 Å². The Bertz CT molecular complexity index is 732. The topological polar surface area (TPSA) is 23.6 Å². The van der Waals surface area contributed by atoms with E-state index >= 15 is 0 Å². The van der Waals surface area contributed by atoms with Crippen molar-refractivity contribution in [1.29, 1.82) is 0 Å². The van der Waals surface area contributed by atoms with Gasteiger partial charge in [0.1, 0.15) is 5.82 Å². The number of piperazine rings is 1. The Morgan fingerprint density at radius 1 is 1.08 bits per heavy atom. The quantitative estimate of drug-likeness (QED) is 0.741. The number of carbonyl (C=O) groups excluding carboxylic acids is 1. The molecule has 1 saturated heterocycles. The summed E-state index contributed by atoms with van der Waals surface area (Å²) in [7, 11) is 0. The van der Waals surface area contributed by atoms with Crippen molar-refractivity contribution in [2.24, 2.45) is 0 Å². The lowest BCUT2D eigenvalue weighted by atomic mass is 10.2. The molecule has 0 aromatic heterocycles. The number of thioether (sulfide) groups is 1. The van der Waals surface area contributed by atoms with Crippen LogP contribution in [0.2, 0.25) is 5.02 Å². The smallest absolute Gasteiger partial charge is 0.235 e. The standard InChI is InChI=1S/C19H20ClFN2OS/c1-14(25-16-8-6-15(20)7-9-16)19(24)23-12-10-22(11-13-23)18-5-3-2-4-17(18)21/h2-9,14H,10-13H2,1H3. The van der Waals surface area contributed by atoms with Gasteiger partial charge >= 0.3 is 0 Å². The van der Waals surface area contributed by atoms with Crippen LogP contribution in [0, 0.1) is 5.82 Å². The van der Waals surface area contributed by atoms with Crippen LogP contribution in [0.4, 0.5) is 10.1 Å². The summed E-state index contributed by atoms with van der Waals surface area (Å²) in [5, 5.41) is 0.522. The Balaban J connectivity index is 1.56. The molecule has 1 amide bonds. The summed E-state index contributed by atoms with van der Waals surface area (Å²) in [6.45, 7) is 4.43. The molecule has 0 N–H and O–H groups in total. The molecule has 2 aromatic rings. The molecule has 25 heavy (non-hydrogen) atoms. The van der Waals surface area contributed by atoms with Gasteiger partial charge in [-0.3, -0.25) is 4.79 Å². The molecule has 2 aromatic carbocycles. The predicted octanol–water partition coefficient (Wildman–Crippen LogP) is 4.31. The third-order valence-corrected chi connectivity index (χ3v) is 5.61. The largest absolute Gasteiger partial charge is 0.366 e. The van der Waals surface area contributed by atoms with Crippen LogP contribution in [-0.2, 0) is 4.79 Å². The highest BCUT2D eigenvalue weighted by Crippen LogP contribution is 2.27. The minimum absolute atomic E-state index is 0.119. The zero-order chi connectivity index (χ0) is 17.8. The normalized spacial score (nSPS) is 16.0. The van der Waals surface area contributed by atoms with Gasteiger partial charge in [-0.15, -0.1) is 11.8 Å². The molecular weight excluding hydrogens is 359 g/mol. The van der Waals surface area contributed by atoms with Crippen LogP contribution in [0.1, 0.15) is 6.92 Å². The first-order chi connectivity index (χ1) is 12.0. The second-order valence-corrected chi connectivity index (χ2v) is 7.83. The van der Waals surface area contributed by atoms with Crippen LogP contribution in [0.5, 0.6) is 0 Å². The highest BCUT2D eigenvalue weighted by atomic mass is 35.5. The fraction of sp³-hybridized carbons (Fsp3) is 0.316. The molecule has 3 nitrogen and oxygen atoms in total. The van der Waals surface area contributed by atoms with Crippen molar-refractivity contribution in [2.75, 3.05) is 31.1 Å². The van der Waals surface area contributed by atoms with E-state index in [-0.39, 0.29) is 17.0 Å². The molecule has 1 fully saturated rings. The van der Waals surface area contributed by atoms with E-state index in [1.807, 2.05) is 47.1 Å². The number of amides is 1. The van der Waals surface area contributed by atoms with E-state index in [1.54, 1.807) is 12.1 Å². The molecule has 1 unspecified atom stereocenters. The zero-order valence-electron chi connectivity index (χ0n) is 14.0. The SMILES string of the molecule is CC(Sc1ccc(Cl)cc1)C(=O)N1CCN(c2ccccc2F)CC1. The molecule has 3 rings (SSSR count). The highest BCUT2D eigenvalue weighted by Gasteiger charge is 2.26. The van der Waals surface area contributed by atoms with Crippen LogP contribution in [-0.4, -0.2) is 42.2 Å². The molecule has 0 saturated carbocycles. The number of benzene rings is 2. The predicted molar refractivity (Wildman–Crippen MR) is 102 cm³/mol. The number of nitrogens with zero attached hydrogens (tertiary/aromatic N) is 2. The summed E-state index contributed by atoms with van der Waals surface area (Å²) in [6.07, 6.45) is 0. The van der Waals surface area contributed by atoms with Crippen molar-refractivity contribution in [3.8, 4) is 0 Å². The Hall–Kier alpha value is -1.72. The third kappa shape index (κ3) is 4.47. The number of hydrogen-bond donors (Lipinski definition) is 0. The molecule has 6 heteroatoms. The lowest BCUT2D eigenvalue weighted by molar-refractivity contribution is -0.130. The maximum atomic E-state index is 13.9. The van der Waals surface area contributed by atoms with E-state index in [0.717, 1.165) is 4.90 Å². The molecule has 1 aliphatic heterocycles. The van der Waals surface area contributed by atoms with E-state index in [2.05, 4.69) is 0 Å². The first-order valence-electron chi connectivity index (χ1n) is 8.25. The van der Waals surface area contributed by atoms with Gasteiger partial charge in [0.25, 0.3) is 0 Å². The lowest BCUT2D eigenvalue weighted by Crippen LogP contribution is -2.50. The van der Waals surface area contributed by atoms with E-state index in [4.69, 9.17) is 11.6 Å². The monoisotopic (exact) mass is 378 g/mol. The van der Waals surface area contributed by atoms with E-state index in [1.165, 1.54) is 17.8 Å². The van der Waals surface area contributed by atoms with Gasteiger partial charge in [-0.25, -0.2) is 4.39 Å². The maximum absolute atomic E-state index is 13.9. The van der Waals surface area contributed by atoms with Crippen LogP contribution < -0.4 is 4.90 Å². The summed E-state index contributed by atoms with van der Waals surface area (Å²) in [5.74, 6) is -0.0953. The fourth-order valence-electron chi connectivity index (χ4n) is 2.90. The summed E-state index contributed by atoms with van der Waals surface area (Å²) < 4.78 is 13.9. The lowest BCUT2D eigenvalue weighted by Gasteiger charge is -2.37. The molecule has 1 atom stereocenters. The summed E-state index contributed by atoms with van der Waals surface area (Å²) in [5.41, 5.74) is 0.609. The van der Waals surface area contributed by atoms with Gasteiger partial charge < -0.3 is 9.80 Å². The maximum Gasteiger partial charge on any atom is 0.235 e. The van der Waals surface area contributed by atoms with Gasteiger partial charge in [-0.2, -0.15) is 0 Å². The number of hydrogen-bond acceptors (Lipinski definition) is 3. The second kappa shape index (κ2) is 8.11. The van der Waals surface area contributed by atoms with Crippen molar-refractivity contribution in [2.45, 2.75) is 17.1 Å². The van der Waals surface area contributed by atoms with Crippen molar-refractivity contribution in [1.82, 2.24) is 4.90 Å². The van der Waals surface area contributed by atoms with Gasteiger partial charge in [-0.1, -0.05) is 23.7 Å². The molecule has 0 radical (unpaired) electrons. The van der Waals surface area contributed by atoms with Crippen LogP contribution in [0.25, 0.3) is 0 Å². The van der Waals surface area contributed by atoms with Crippen LogP contribution in [0.15, 0.2) is 53.4 Å². The molecule has 0 aliphatic carbocycles.